The van der Waals surface area contributed by atoms with Gasteiger partial charge in [0, 0.05) is 25.2 Å². The molecule has 2 aliphatic rings. The molecule has 1 saturated carbocycles. The molecule has 4 heteroatoms. The van der Waals surface area contributed by atoms with Crippen molar-refractivity contribution in [3.63, 3.8) is 0 Å². The second-order valence-electron chi connectivity index (χ2n) is 6.00. The van der Waals surface area contributed by atoms with Crippen molar-refractivity contribution in [2.24, 2.45) is 0 Å². The van der Waals surface area contributed by atoms with Crippen molar-refractivity contribution in [3.8, 4) is 0 Å². The Balaban J connectivity index is 1.75. The van der Waals surface area contributed by atoms with E-state index >= 15 is 0 Å². The van der Waals surface area contributed by atoms with E-state index in [9.17, 15) is 0 Å². The summed E-state index contributed by atoms with van der Waals surface area (Å²) in [5.74, 6) is 1.11. The molecule has 20 heavy (non-hydrogen) atoms. The van der Waals surface area contributed by atoms with Crippen LogP contribution in [-0.4, -0.2) is 23.6 Å². The minimum atomic E-state index is 0.640. The first-order valence-corrected chi connectivity index (χ1v) is 8.31. The molecule has 1 aromatic heterocycles. The highest BCUT2D eigenvalue weighted by Crippen LogP contribution is 2.27. The van der Waals surface area contributed by atoms with Crippen molar-refractivity contribution in [3.05, 3.63) is 22.8 Å². The lowest BCUT2D eigenvalue weighted by molar-refractivity contribution is 0.446. The van der Waals surface area contributed by atoms with Gasteiger partial charge in [0.15, 0.2) is 0 Å². The minimum Gasteiger partial charge on any atom is -0.354 e. The maximum absolute atomic E-state index is 6.29. The summed E-state index contributed by atoms with van der Waals surface area (Å²) in [5.41, 5.74) is 0.997. The van der Waals surface area contributed by atoms with E-state index in [1.165, 1.54) is 38.5 Å². The van der Waals surface area contributed by atoms with Gasteiger partial charge in [-0.1, -0.05) is 18.5 Å². The molecule has 0 spiro atoms. The van der Waals surface area contributed by atoms with Crippen molar-refractivity contribution >= 4 is 17.4 Å². The minimum absolute atomic E-state index is 0.640. The molecule has 0 aromatic carbocycles. The summed E-state index contributed by atoms with van der Waals surface area (Å²) in [6.07, 6.45) is 7.69. The first kappa shape index (κ1) is 14.2. The molecule has 2 heterocycles. The van der Waals surface area contributed by atoms with Gasteiger partial charge in [-0.25, -0.2) is 4.98 Å². The molecule has 1 aliphatic heterocycles. The predicted molar refractivity (Wildman–Crippen MR) is 84.4 cm³/mol. The van der Waals surface area contributed by atoms with E-state index in [0.29, 0.717) is 12.1 Å². The third kappa shape index (κ3) is 3.26. The molecule has 0 amide bonds. The number of anilines is 1. The Bertz CT molecular complexity index is 459. The van der Waals surface area contributed by atoms with Crippen LogP contribution in [0.15, 0.2) is 12.1 Å². The SMILES string of the molecule is CCC1CCCCN1c1ccc(Cl)c(CNC2CC2)n1. The molecule has 0 radical (unpaired) electrons. The highest BCUT2D eigenvalue weighted by Gasteiger charge is 2.24. The summed E-state index contributed by atoms with van der Waals surface area (Å²) in [4.78, 5) is 7.30. The second kappa shape index (κ2) is 6.31. The third-order valence-corrected chi connectivity index (χ3v) is 4.78. The number of aromatic nitrogens is 1. The van der Waals surface area contributed by atoms with Crippen molar-refractivity contribution < 1.29 is 0 Å². The lowest BCUT2D eigenvalue weighted by atomic mass is 10.00. The Morgan fingerprint density at radius 2 is 2.15 bits per heavy atom. The fourth-order valence-corrected chi connectivity index (χ4v) is 3.18. The largest absolute Gasteiger partial charge is 0.354 e. The number of nitrogens with one attached hydrogen (secondary N) is 1. The van der Waals surface area contributed by atoms with Crippen molar-refractivity contribution in [1.29, 1.82) is 0 Å². The normalized spacial score (nSPS) is 23.1. The molecule has 1 aromatic rings. The smallest absolute Gasteiger partial charge is 0.129 e. The maximum Gasteiger partial charge on any atom is 0.129 e. The van der Waals surface area contributed by atoms with Gasteiger partial charge in [-0.3, -0.25) is 0 Å². The van der Waals surface area contributed by atoms with E-state index in [1.54, 1.807) is 0 Å². The van der Waals surface area contributed by atoms with Crippen LogP contribution in [-0.2, 0) is 6.54 Å². The summed E-state index contributed by atoms with van der Waals surface area (Å²) < 4.78 is 0. The number of piperidine rings is 1. The number of nitrogens with zero attached hydrogens (tertiary/aromatic N) is 2. The van der Waals surface area contributed by atoms with Crippen LogP contribution in [0.4, 0.5) is 5.82 Å². The van der Waals surface area contributed by atoms with E-state index in [0.717, 1.165) is 29.6 Å². The molecule has 110 valence electrons. The molecule has 1 N–H and O–H groups in total. The first-order valence-electron chi connectivity index (χ1n) is 7.93. The van der Waals surface area contributed by atoms with Gasteiger partial charge in [0.25, 0.3) is 0 Å². The van der Waals surface area contributed by atoms with Gasteiger partial charge in [-0.15, -0.1) is 0 Å². The van der Waals surface area contributed by atoms with Crippen LogP contribution in [0, 0.1) is 0 Å². The zero-order valence-electron chi connectivity index (χ0n) is 12.2. The van der Waals surface area contributed by atoms with Gasteiger partial charge >= 0.3 is 0 Å². The zero-order valence-corrected chi connectivity index (χ0v) is 13.0. The van der Waals surface area contributed by atoms with E-state index in [2.05, 4.69) is 23.2 Å². The Kier molecular flexibility index (Phi) is 4.47. The zero-order chi connectivity index (χ0) is 13.9. The van der Waals surface area contributed by atoms with Gasteiger partial charge in [0.1, 0.15) is 5.82 Å². The van der Waals surface area contributed by atoms with Gasteiger partial charge < -0.3 is 10.2 Å². The number of hydrogen-bond acceptors (Lipinski definition) is 3. The van der Waals surface area contributed by atoms with Crippen LogP contribution >= 0.6 is 11.6 Å². The third-order valence-electron chi connectivity index (χ3n) is 4.43. The predicted octanol–water partition coefficient (Wildman–Crippen LogP) is 3.76. The van der Waals surface area contributed by atoms with E-state index < -0.39 is 0 Å². The molecule has 1 atom stereocenters. The number of pyridine rings is 1. The molecular weight excluding hydrogens is 270 g/mol. The fraction of sp³-hybridized carbons (Fsp3) is 0.688. The van der Waals surface area contributed by atoms with E-state index in [1.807, 2.05) is 6.07 Å². The lowest BCUT2D eigenvalue weighted by Crippen LogP contribution is -2.39. The molecule has 3 nitrogen and oxygen atoms in total. The summed E-state index contributed by atoms with van der Waals surface area (Å²) in [5, 5.41) is 4.29. The fourth-order valence-electron chi connectivity index (χ4n) is 3.01. The average molecular weight is 294 g/mol. The molecule has 1 unspecified atom stereocenters. The van der Waals surface area contributed by atoms with Gasteiger partial charge in [0.05, 0.1) is 10.7 Å². The Morgan fingerprint density at radius 3 is 2.90 bits per heavy atom. The lowest BCUT2D eigenvalue weighted by Gasteiger charge is -2.36. The number of halogens is 1. The Hall–Kier alpha value is -0.800. The molecular formula is C16H24ClN3. The van der Waals surface area contributed by atoms with Crippen molar-refractivity contribution in [2.75, 3.05) is 11.4 Å². The number of rotatable bonds is 5. The van der Waals surface area contributed by atoms with Gasteiger partial charge in [0.2, 0.25) is 0 Å². The first-order chi connectivity index (χ1) is 9.78. The van der Waals surface area contributed by atoms with Crippen molar-refractivity contribution in [1.82, 2.24) is 10.3 Å². The van der Waals surface area contributed by atoms with Crippen LogP contribution in [0.2, 0.25) is 5.02 Å². The summed E-state index contributed by atoms with van der Waals surface area (Å²) in [7, 11) is 0. The van der Waals surface area contributed by atoms with E-state index in [-0.39, 0.29) is 0 Å². The highest BCUT2D eigenvalue weighted by molar-refractivity contribution is 6.31. The standard InChI is InChI=1S/C16H24ClN3/c1-2-13-5-3-4-10-20(13)16-9-8-14(17)15(19-16)11-18-12-6-7-12/h8-9,12-13,18H,2-7,10-11H2,1H3. The summed E-state index contributed by atoms with van der Waals surface area (Å²) in [6, 6.07) is 5.42. The van der Waals surface area contributed by atoms with Crippen molar-refractivity contribution in [2.45, 2.75) is 64.1 Å². The van der Waals surface area contributed by atoms with Crippen LogP contribution < -0.4 is 10.2 Å². The van der Waals surface area contributed by atoms with Crippen LogP contribution in [0.3, 0.4) is 0 Å². The second-order valence-corrected chi connectivity index (χ2v) is 6.41. The summed E-state index contributed by atoms with van der Waals surface area (Å²) >= 11 is 6.29. The van der Waals surface area contributed by atoms with E-state index in [4.69, 9.17) is 16.6 Å². The molecule has 3 rings (SSSR count). The van der Waals surface area contributed by atoms with Crippen LogP contribution in [0.1, 0.15) is 51.1 Å². The number of hydrogen-bond donors (Lipinski definition) is 1. The highest BCUT2D eigenvalue weighted by atomic mass is 35.5. The topological polar surface area (TPSA) is 28.2 Å². The summed E-state index contributed by atoms with van der Waals surface area (Å²) in [6.45, 7) is 4.19. The van der Waals surface area contributed by atoms with Crippen LogP contribution in [0.25, 0.3) is 0 Å². The Morgan fingerprint density at radius 1 is 1.30 bits per heavy atom. The maximum atomic E-state index is 6.29. The molecule has 0 bridgehead atoms. The van der Waals surface area contributed by atoms with Gasteiger partial charge in [-0.05, 0) is 50.7 Å². The molecule has 2 fully saturated rings. The molecule has 1 saturated heterocycles. The van der Waals surface area contributed by atoms with Gasteiger partial charge in [-0.2, -0.15) is 0 Å². The average Bonchev–Trinajstić information content (AvgIpc) is 3.30. The molecule has 1 aliphatic carbocycles. The van der Waals surface area contributed by atoms with Crippen LogP contribution in [0.5, 0.6) is 0 Å². The monoisotopic (exact) mass is 293 g/mol. The quantitative estimate of drug-likeness (QED) is 0.896. The Labute approximate surface area is 126 Å².